The minimum Gasteiger partial charge on any atom is -0.271 e. The molecule has 17 heavy (non-hydrogen) atoms. The summed E-state index contributed by atoms with van der Waals surface area (Å²) in [6.07, 6.45) is 8.00. The predicted octanol–water partition coefficient (Wildman–Crippen LogP) is 3.37. The van der Waals surface area contributed by atoms with Crippen LogP contribution in [0.2, 0.25) is 0 Å². The summed E-state index contributed by atoms with van der Waals surface area (Å²) in [6, 6.07) is 4.50. The van der Waals surface area contributed by atoms with Crippen LogP contribution in [0.5, 0.6) is 0 Å². The third-order valence-corrected chi connectivity index (χ3v) is 4.13. The van der Waals surface area contributed by atoms with E-state index in [-0.39, 0.29) is 6.04 Å². The maximum atomic E-state index is 5.61. The molecule has 2 nitrogen and oxygen atoms in total. The summed E-state index contributed by atoms with van der Waals surface area (Å²) in [4.78, 5) is 0. The van der Waals surface area contributed by atoms with Crippen molar-refractivity contribution >= 4 is 15.9 Å². The number of hydrogen-bond donors (Lipinski definition) is 2. The number of hydrogen-bond acceptors (Lipinski definition) is 2. The SMILES string of the molecule is C#CCCCC(NN)c1cc(C)c(Br)c(C)c1. The quantitative estimate of drug-likeness (QED) is 0.378. The van der Waals surface area contributed by atoms with Crippen molar-refractivity contribution in [2.75, 3.05) is 0 Å². The second-order valence-electron chi connectivity index (χ2n) is 4.28. The molecule has 0 fully saturated rings. The van der Waals surface area contributed by atoms with Gasteiger partial charge in [0, 0.05) is 16.9 Å². The molecule has 92 valence electrons. The fourth-order valence-electron chi connectivity index (χ4n) is 1.94. The summed E-state index contributed by atoms with van der Waals surface area (Å²) in [5.74, 6) is 8.27. The van der Waals surface area contributed by atoms with Crippen LogP contribution in [0.3, 0.4) is 0 Å². The van der Waals surface area contributed by atoms with E-state index < -0.39 is 0 Å². The van der Waals surface area contributed by atoms with Crippen LogP contribution in [0, 0.1) is 26.2 Å². The Balaban J connectivity index is 2.85. The van der Waals surface area contributed by atoms with Crippen LogP contribution in [-0.2, 0) is 0 Å². The van der Waals surface area contributed by atoms with E-state index in [4.69, 9.17) is 12.3 Å². The number of unbranched alkanes of at least 4 members (excludes halogenated alkanes) is 1. The van der Waals surface area contributed by atoms with E-state index in [1.54, 1.807) is 0 Å². The first kappa shape index (κ1) is 14.2. The summed E-state index contributed by atoms with van der Waals surface area (Å²) in [5.41, 5.74) is 6.56. The summed E-state index contributed by atoms with van der Waals surface area (Å²) in [7, 11) is 0. The molecule has 0 bridgehead atoms. The van der Waals surface area contributed by atoms with E-state index in [0.29, 0.717) is 0 Å². The van der Waals surface area contributed by atoms with Gasteiger partial charge in [0.05, 0.1) is 0 Å². The molecule has 0 heterocycles. The van der Waals surface area contributed by atoms with E-state index in [0.717, 1.165) is 19.3 Å². The van der Waals surface area contributed by atoms with Crippen molar-refractivity contribution < 1.29 is 0 Å². The number of hydrazine groups is 1. The van der Waals surface area contributed by atoms with Gasteiger partial charge in [0.1, 0.15) is 0 Å². The molecule has 0 aliphatic rings. The molecule has 0 saturated heterocycles. The summed E-state index contributed by atoms with van der Waals surface area (Å²) in [6.45, 7) is 4.19. The van der Waals surface area contributed by atoms with Crippen LogP contribution in [0.15, 0.2) is 16.6 Å². The molecule has 1 atom stereocenters. The average Bonchev–Trinajstić information content (AvgIpc) is 2.31. The molecule has 0 saturated carbocycles. The zero-order chi connectivity index (χ0) is 12.8. The first-order chi connectivity index (χ1) is 8.10. The van der Waals surface area contributed by atoms with E-state index in [2.05, 4.69) is 53.3 Å². The zero-order valence-electron chi connectivity index (χ0n) is 10.4. The van der Waals surface area contributed by atoms with Gasteiger partial charge < -0.3 is 0 Å². The van der Waals surface area contributed by atoms with E-state index in [1.807, 2.05) is 0 Å². The Hall–Kier alpha value is -0.820. The molecule has 0 aromatic heterocycles. The lowest BCUT2D eigenvalue weighted by atomic mass is 9.98. The Morgan fingerprint density at radius 1 is 1.41 bits per heavy atom. The third-order valence-electron chi connectivity index (χ3n) is 2.88. The highest BCUT2D eigenvalue weighted by atomic mass is 79.9. The van der Waals surface area contributed by atoms with Gasteiger partial charge >= 0.3 is 0 Å². The first-order valence-electron chi connectivity index (χ1n) is 5.76. The molecule has 1 aromatic carbocycles. The predicted molar refractivity (Wildman–Crippen MR) is 76.4 cm³/mol. The summed E-state index contributed by atoms with van der Waals surface area (Å²) in [5, 5.41) is 0. The lowest BCUT2D eigenvalue weighted by molar-refractivity contribution is 0.502. The number of aryl methyl sites for hydroxylation is 2. The molecule has 0 aliphatic heterocycles. The smallest absolute Gasteiger partial charge is 0.0460 e. The Bertz CT molecular complexity index is 398. The molecule has 1 aromatic rings. The van der Waals surface area contributed by atoms with Crippen LogP contribution < -0.4 is 11.3 Å². The van der Waals surface area contributed by atoms with E-state index in [1.165, 1.54) is 21.2 Å². The highest BCUT2D eigenvalue weighted by molar-refractivity contribution is 9.10. The van der Waals surface area contributed by atoms with Crippen molar-refractivity contribution in [2.45, 2.75) is 39.2 Å². The number of benzene rings is 1. The molecule has 3 heteroatoms. The molecule has 0 aliphatic carbocycles. The van der Waals surface area contributed by atoms with Gasteiger partial charge in [0.15, 0.2) is 0 Å². The van der Waals surface area contributed by atoms with Crippen LogP contribution in [0.4, 0.5) is 0 Å². The molecule has 0 spiro atoms. The maximum Gasteiger partial charge on any atom is 0.0460 e. The van der Waals surface area contributed by atoms with Crippen LogP contribution in [0.1, 0.15) is 42.0 Å². The highest BCUT2D eigenvalue weighted by Crippen LogP contribution is 2.27. The lowest BCUT2D eigenvalue weighted by Gasteiger charge is -2.18. The number of rotatable bonds is 5. The highest BCUT2D eigenvalue weighted by Gasteiger charge is 2.11. The molecular formula is C14H19BrN2. The minimum atomic E-state index is 0.175. The zero-order valence-corrected chi connectivity index (χ0v) is 12.0. The third kappa shape index (κ3) is 3.85. The second-order valence-corrected chi connectivity index (χ2v) is 5.08. The number of halogens is 1. The second kappa shape index (κ2) is 6.80. The number of nitrogens with two attached hydrogens (primary N) is 1. The number of terminal acetylenes is 1. The van der Waals surface area contributed by atoms with Crippen molar-refractivity contribution in [1.82, 2.24) is 5.43 Å². The van der Waals surface area contributed by atoms with Crippen molar-refractivity contribution in [1.29, 1.82) is 0 Å². The van der Waals surface area contributed by atoms with Gasteiger partial charge in [-0.05, 0) is 43.4 Å². The Labute approximate surface area is 112 Å². The first-order valence-corrected chi connectivity index (χ1v) is 6.55. The Morgan fingerprint density at radius 2 is 2.00 bits per heavy atom. The fourth-order valence-corrected chi connectivity index (χ4v) is 2.16. The Kier molecular flexibility index (Phi) is 5.70. The molecule has 1 rings (SSSR count). The molecule has 0 amide bonds. The molecule has 3 N–H and O–H groups in total. The van der Waals surface area contributed by atoms with Crippen molar-refractivity contribution in [2.24, 2.45) is 5.84 Å². The van der Waals surface area contributed by atoms with Gasteiger partial charge in [-0.25, -0.2) is 0 Å². The molecule has 0 radical (unpaired) electrons. The van der Waals surface area contributed by atoms with E-state index in [9.17, 15) is 0 Å². The van der Waals surface area contributed by atoms with Crippen LogP contribution >= 0.6 is 15.9 Å². The van der Waals surface area contributed by atoms with Gasteiger partial charge in [-0.3, -0.25) is 11.3 Å². The molecular weight excluding hydrogens is 276 g/mol. The topological polar surface area (TPSA) is 38.0 Å². The fraction of sp³-hybridized carbons (Fsp3) is 0.429. The average molecular weight is 295 g/mol. The monoisotopic (exact) mass is 294 g/mol. The van der Waals surface area contributed by atoms with Gasteiger partial charge in [-0.1, -0.05) is 28.1 Å². The normalized spacial score (nSPS) is 12.2. The van der Waals surface area contributed by atoms with Crippen molar-refractivity contribution in [3.63, 3.8) is 0 Å². The van der Waals surface area contributed by atoms with Crippen molar-refractivity contribution in [3.8, 4) is 12.3 Å². The van der Waals surface area contributed by atoms with Gasteiger partial charge in [0.2, 0.25) is 0 Å². The minimum absolute atomic E-state index is 0.175. The number of nitrogens with one attached hydrogen (secondary N) is 1. The largest absolute Gasteiger partial charge is 0.271 e. The Morgan fingerprint density at radius 3 is 2.47 bits per heavy atom. The van der Waals surface area contributed by atoms with Crippen molar-refractivity contribution in [3.05, 3.63) is 33.3 Å². The molecule has 1 unspecified atom stereocenters. The summed E-state index contributed by atoms with van der Waals surface area (Å²) < 4.78 is 1.17. The van der Waals surface area contributed by atoms with Crippen LogP contribution in [-0.4, -0.2) is 0 Å². The van der Waals surface area contributed by atoms with Crippen LogP contribution in [0.25, 0.3) is 0 Å². The van der Waals surface area contributed by atoms with E-state index >= 15 is 0 Å². The maximum absolute atomic E-state index is 5.61. The standard InChI is InChI=1S/C14H19BrN2/c1-4-5-6-7-13(17-16)12-8-10(2)14(15)11(3)9-12/h1,8-9,13,17H,5-7,16H2,2-3H3. The van der Waals surface area contributed by atoms with Gasteiger partial charge in [-0.2, -0.15) is 0 Å². The summed E-state index contributed by atoms with van der Waals surface area (Å²) >= 11 is 3.57. The van der Waals surface area contributed by atoms with Gasteiger partial charge in [-0.15, -0.1) is 12.3 Å². The lowest BCUT2D eigenvalue weighted by Crippen LogP contribution is -2.28. The van der Waals surface area contributed by atoms with Gasteiger partial charge in [0.25, 0.3) is 0 Å².